The van der Waals surface area contributed by atoms with Crippen LogP contribution in [0.15, 0.2) is 24.4 Å². The summed E-state index contributed by atoms with van der Waals surface area (Å²) < 4.78 is 0. The Morgan fingerprint density at radius 2 is 2.11 bits per heavy atom. The molecule has 0 amide bonds. The zero-order chi connectivity index (χ0) is 12.7. The second kappa shape index (κ2) is 4.34. The third kappa shape index (κ3) is 2.00. The van der Waals surface area contributed by atoms with Crippen LogP contribution in [0.5, 0.6) is 0 Å². The lowest BCUT2D eigenvalue weighted by atomic mass is 10.2. The van der Waals surface area contributed by atoms with Crippen molar-refractivity contribution in [2.45, 2.75) is 6.54 Å². The SMILES string of the molecule is CN1C=Cc2nc(-c3ccc(Cl)c(Cl)c3)[nH]c2C1. The molecule has 92 valence electrons. The van der Waals surface area contributed by atoms with E-state index in [2.05, 4.69) is 14.9 Å². The van der Waals surface area contributed by atoms with Crippen molar-refractivity contribution in [1.29, 1.82) is 0 Å². The Labute approximate surface area is 115 Å². The van der Waals surface area contributed by atoms with Crippen LogP contribution in [0.25, 0.3) is 17.5 Å². The Morgan fingerprint density at radius 3 is 2.89 bits per heavy atom. The smallest absolute Gasteiger partial charge is 0.138 e. The van der Waals surface area contributed by atoms with E-state index in [0.29, 0.717) is 10.0 Å². The number of rotatable bonds is 1. The first-order valence-corrected chi connectivity index (χ1v) is 6.32. The van der Waals surface area contributed by atoms with Crippen LogP contribution >= 0.6 is 23.2 Å². The van der Waals surface area contributed by atoms with E-state index in [-0.39, 0.29) is 0 Å². The molecule has 0 saturated heterocycles. The van der Waals surface area contributed by atoms with E-state index >= 15 is 0 Å². The molecule has 0 fully saturated rings. The summed E-state index contributed by atoms with van der Waals surface area (Å²) in [5, 5.41) is 1.09. The fourth-order valence-corrected chi connectivity index (χ4v) is 2.26. The van der Waals surface area contributed by atoms with Crippen LogP contribution in [-0.2, 0) is 6.54 Å². The summed E-state index contributed by atoms with van der Waals surface area (Å²) in [4.78, 5) is 9.97. The van der Waals surface area contributed by atoms with Crippen molar-refractivity contribution >= 4 is 29.3 Å². The molecule has 0 unspecified atom stereocenters. The Hall–Kier alpha value is -1.45. The maximum atomic E-state index is 6.02. The summed E-state index contributed by atoms with van der Waals surface area (Å²) in [5.74, 6) is 0.818. The standard InChI is InChI=1S/C13H11Cl2N3/c1-18-5-4-11-12(7-18)17-13(16-11)8-2-3-9(14)10(15)6-8/h2-6H,7H2,1H3,(H,16,17). The minimum absolute atomic E-state index is 0.538. The molecule has 0 bridgehead atoms. The van der Waals surface area contributed by atoms with Gasteiger partial charge in [-0.25, -0.2) is 4.98 Å². The maximum Gasteiger partial charge on any atom is 0.138 e. The van der Waals surface area contributed by atoms with Gasteiger partial charge in [-0.05, 0) is 24.3 Å². The van der Waals surface area contributed by atoms with Gasteiger partial charge in [0, 0.05) is 18.8 Å². The quantitative estimate of drug-likeness (QED) is 0.861. The molecule has 1 N–H and O–H groups in total. The molecule has 0 atom stereocenters. The maximum absolute atomic E-state index is 6.02. The molecule has 2 aromatic rings. The molecule has 3 nitrogen and oxygen atoms in total. The van der Waals surface area contributed by atoms with Gasteiger partial charge in [-0.3, -0.25) is 0 Å². The molecule has 2 heterocycles. The average Bonchev–Trinajstić information content (AvgIpc) is 2.75. The highest BCUT2D eigenvalue weighted by Gasteiger charge is 2.14. The third-order valence-corrected chi connectivity index (χ3v) is 3.64. The summed E-state index contributed by atoms with van der Waals surface area (Å²) in [6, 6.07) is 5.51. The average molecular weight is 280 g/mol. The Bertz CT molecular complexity index is 631. The predicted molar refractivity (Wildman–Crippen MR) is 74.5 cm³/mol. The first-order chi connectivity index (χ1) is 8.63. The minimum Gasteiger partial charge on any atom is -0.374 e. The zero-order valence-electron chi connectivity index (χ0n) is 9.74. The monoisotopic (exact) mass is 279 g/mol. The van der Waals surface area contributed by atoms with Gasteiger partial charge in [0.2, 0.25) is 0 Å². The molecule has 0 aliphatic carbocycles. The fourth-order valence-electron chi connectivity index (χ4n) is 1.96. The third-order valence-electron chi connectivity index (χ3n) is 2.90. The highest BCUT2D eigenvalue weighted by Crippen LogP contribution is 2.28. The Kier molecular flexibility index (Phi) is 2.80. The summed E-state index contributed by atoms with van der Waals surface area (Å²) in [6.45, 7) is 0.833. The number of imidazole rings is 1. The van der Waals surface area contributed by atoms with E-state index < -0.39 is 0 Å². The molecular weight excluding hydrogens is 269 g/mol. The minimum atomic E-state index is 0.538. The molecule has 5 heteroatoms. The lowest BCUT2D eigenvalue weighted by Gasteiger charge is -2.16. The van der Waals surface area contributed by atoms with Crippen molar-refractivity contribution in [3.63, 3.8) is 0 Å². The summed E-state index contributed by atoms with van der Waals surface area (Å²) in [7, 11) is 2.03. The highest BCUT2D eigenvalue weighted by molar-refractivity contribution is 6.42. The van der Waals surface area contributed by atoms with Gasteiger partial charge in [0.15, 0.2) is 0 Å². The van der Waals surface area contributed by atoms with E-state index in [1.807, 2.05) is 31.5 Å². The van der Waals surface area contributed by atoms with Crippen LogP contribution < -0.4 is 0 Å². The van der Waals surface area contributed by atoms with Crippen molar-refractivity contribution in [2.75, 3.05) is 7.05 Å². The summed E-state index contributed by atoms with van der Waals surface area (Å²) in [6.07, 6.45) is 4.01. The second-order valence-electron chi connectivity index (χ2n) is 4.31. The van der Waals surface area contributed by atoms with Crippen LogP contribution in [0.3, 0.4) is 0 Å². The van der Waals surface area contributed by atoms with Gasteiger partial charge in [0.1, 0.15) is 5.82 Å². The molecule has 3 rings (SSSR count). The van der Waals surface area contributed by atoms with Crippen LogP contribution in [0.2, 0.25) is 10.0 Å². The number of H-pyrrole nitrogens is 1. The van der Waals surface area contributed by atoms with Gasteiger partial charge in [-0.2, -0.15) is 0 Å². The number of fused-ring (bicyclic) bond motifs is 1. The largest absolute Gasteiger partial charge is 0.374 e. The van der Waals surface area contributed by atoms with Crippen LogP contribution in [0.4, 0.5) is 0 Å². The van der Waals surface area contributed by atoms with Gasteiger partial charge in [0.25, 0.3) is 0 Å². The molecular formula is C13H11Cl2N3. The van der Waals surface area contributed by atoms with Crippen LogP contribution in [0, 0.1) is 0 Å². The van der Waals surface area contributed by atoms with E-state index in [1.165, 1.54) is 0 Å². The number of halogens is 2. The normalized spacial score (nSPS) is 13.8. The lowest BCUT2D eigenvalue weighted by molar-refractivity contribution is 0.441. The number of hydrogen-bond acceptors (Lipinski definition) is 2. The summed E-state index contributed by atoms with van der Waals surface area (Å²) in [5.41, 5.74) is 3.03. The van der Waals surface area contributed by atoms with Crippen molar-refractivity contribution in [1.82, 2.24) is 14.9 Å². The zero-order valence-corrected chi connectivity index (χ0v) is 11.3. The van der Waals surface area contributed by atoms with Crippen LogP contribution in [-0.4, -0.2) is 21.9 Å². The highest BCUT2D eigenvalue weighted by atomic mass is 35.5. The number of nitrogens with one attached hydrogen (secondary N) is 1. The molecule has 0 radical (unpaired) electrons. The van der Waals surface area contributed by atoms with Gasteiger partial charge in [-0.1, -0.05) is 23.2 Å². The summed E-state index contributed by atoms with van der Waals surface area (Å²) >= 11 is 11.9. The van der Waals surface area contributed by atoms with E-state index in [9.17, 15) is 0 Å². The number of hydrogen-bond donors (Lipinski definition) is 1. The lowest BCUT2D eigenvalue weighted by Crippen LogP contribution is -2.14. The van der Waals surface area contributed by atoms with Gasteiger partial charge < -0.3 is 9.88 Å². The van der Waals surface area contributed by atoms with E-state index in [1.54, 1.807) is 6.07 Å². The molecule has 1 aliphatic heterocycles. The predicted octanol–water partition coefficient (Wildman–Crippen LogP) is 3.80. The topological polar surface area (TPSA) is 31.9 Å². The molecule has 18 heavy (non-hydrogen) atoms. The van der Waals surface area contributed by atoms with Crippen molar-refractivity contribution in [2.24, 2.45) is 0 Å². The second-order valence-corrected chi connectivity index (χ2v) is 5.12. The molecule has 1 aromatic heterocycles. The van der Waals surface area contributed by atoms with Crippen molar-refractivity contribution in [3.05, 3.63) is 45.8 Å². The fraction of sp³-hybridized carbons (Fsp3) is 0.154. The van der Waals surface area contributed by atoms with Gasteiger partial charge in [-0.15, -0.1) is 0 Å². The van der Waals surface area contributed by atoms with Gasteiger partial charge >= 0.3 is 0 Å². The Balaban J connectivity index is 2.03. The first-order valence-electron chi connectivity index (χ1n) is 5.56. The van der Waals surface area contributed by atoms with Crippen molar-refractivity contribution in [3.8, 4) is 11.4 Å². The van der Waals surface area contributed by atoms with E-state index in [0.717, 1.165) is 29.3 Å². The number of benzene rings is 1. The number of aromatic nitrogens is 2. The molecule has 1 aliphatic rings. The number of nitrogens with zero attached hydrogens (tertiary/aromatic N) is 2. The van der Waals surface area contributed by atoms with Crippen LogP contribution in [0.1, 0.15) is 11.4 Å². The van der Waals surface area contributed by atoms with E-state index in [4.69, 9.17) is 23.2 Å². The first kappa shape index (κ1) is 11.6. The number of aromatic amines is 1. The molecule has 0 saturated carbocycles. The molecule has 1 aromatic carbocycles. The molecule has 0 spiro atoms. The van der Waals surface area contributed by atoms with Gasteiger partial charge in [0.05, 0.1) is 28.0 Å². The Morgan fingerprint density at radius 1 is 1.28 bits per heavy atom. The van der Waals surface area contributed by atoms with Crippen molar-refractivity contribution < 1.29 is 0 Å².